The molecule has 124 heavy (non-hydrogen) atoms. The molecule has 27 rings (SSSR count). The number of hydrogen-bond donors (Lipinski definition) is 0. The number of para-hydroxylation sites is 4. The third kappa shape index (κ3) is 10.8. The van der Waals surface area contributed by atoms with E-state index in [1.165, 1.54) is 240 Å². The van der Waals surface area contributed by atoms with Gasteiger partial charge in [-0.1, -0.05) is 315 Å². The largest absolute Gasteiger partial charge is 0.309 e. The second-order valence-corrected chi connectivity index (χ2v) is 33.3. The summed E-state index contributed by atoms with van der Waals surface area (Å²) in [5.41, 5.74) is 24.0. The van der Waals surface area contributed by atoms with Gasteiger partial charge < -0.3 is 18.3 Å². The number of nitrogens with zero attached hydrogens (tertiary/aromatic N) is 4. The summed E-state index contributed by atoms with van der Waals surface area (Å²) in [7, 11) is 0. The highest BCUT2D eigenvalue weighted by molar-refractivity contribution is 6.33. The van der Waals surface area contributed by atoms with Crippen molar-refractivity contribution in [1.82, 2.24) is 18.3 Å². The number of fused-ring (bicyclic) bond motifs is 27. The lowest BCUT2D eigenvalue weighted by molar-refractivity contribution is 1.18. The predicted molar refractivity (Wildman–Crippen MR) is 530 cm³/mol. The highest BCUT2D eigenvalue weighted by Gasteiger charge is 2.23. The van der Waals surface area contributed by atoms with Crippen molar-refractivity contribution >= 4 is 184 Å². The lowest BCUT2D eigenvalue weighted by Gasteiger charge is -2.16. The zero-order valence-corrected chi connectivity index (χ0v) is 67.5. The van der Waals surface area contributed by atoms with Crippen LogP contribution >= 0.6 is 0 Å². The van der Waals surface area contributed by atoms with Gasteiger partial charge in [0.1, 0.15) is 0 Å². The lowest BCUT2D eigenvalue weighted by atomic mass is 9.87. The maximum absolute atomic E-state index is 2.44. The normalized spacial score (nSPS) is 12.0. The molecule has 4 heterocycles. The second kappa shape index (κ2) is 27.6. The summed E-state index contributed by atoms with van der Waals surface area (Å²) in [5.74, 6) is 0. The van der Waals surface area contributed by atoms with E-state index in [0.29, 0.717) is 0 Å². The molecule has 0 bridgehead atoms. The SMILES string of the molecule is c1cc(-c2cc3ccc4ccccc4c3c3ccccc23)cc(-n2c3ccccc3c3cc(-c4ccc5c(c4)c4ccccc4n5-c4ccc5ccccc5c4)ccc32)c1.c1ccc2cc(-n3c4ccccc4c4cc(-c5ccc6c(c5)c5ccccc5n6-c5ccc(-c6cc7c8ccccc8c8ccccc8c7c7ccccc67)cc5)ccc43)ccc2c1. The molecule has 27 aromatic rings. The summed E-state index contributed by atoms with van der Waals surface area (Å²) in [6, 6.07) is 166. The van der Waals surface area contributed by atoms with Gasteiger partial charge in [-0.3, -0.25) is 0 Å². The van der Waals surface area contributed by atoms with Crippen molar-refractivity contribution < 1.29 is 0 Å². The minimum absolute atomic E-state index is 1.15. The van der Waals surface area contributed by atoms with Gasteiger partial charge in [0.05, 0.1) is 44.1 Å². The first-order chi connectivity index (χ1) is 61.5. The molecule has 0 atom stereocenters. The summed E-state index contributed by atoms with van der Waals surface area (Å²) in [6.07, 6.45) is 0. The zero-order valence-electron chi connectivity index (χ0n) is 67.5. The monoisotopic (exact) mass is 1570 g/mol. The summed E-state index contributed by atoms with van der Waals surface area (Å²) in [4.78, 5) is 0. The van der Waals surface area contributed by atoms with Crippen LogP contribution < -0.4 is 0 Å². The molecule has 0 aliphatic rings. The average Bonchev–Trinajstić information content (AvgIpc) is 1.23. The zero-order chi connectivity index (χ0) is 81.2. The molecule has 0 saturated carbocycles. The lowest BCUT2D eigenvalue weighted by Crippen LogP contribution is -1.95. The molecular weight excluding hydrogens is 1500 g/mol. The highest BCUT2D eigenvalue weighted by atomic mass is 15.0. The van der Waals surface area contributed by atoms with Gasteiger partial charge in [0.2, 0.25) is 0 Å². The molecule has 4 heteroatoms. The minimum Gasteiger partial charge on any atom is -0.309 e. The van der Waals surface area contributed by atoms with E-state index in [1.54, 1.807) is 0 Å². The fourth-order valence-electron chi connectivity index (χ4n) is 21.1. The van der Waals surface area contributed by atoms with Crippen LogP contribution in [0.3, 0.4) is 0 Å². The van der Waals surface area contributed by atoms with Crippen molar-refractivity contribution in [3.8, 4) is 67.3 Å². The first-order valence-corrected chi connectivity index (χ1v) is 42.9. The van der Waals surface area contributed by atoms with Crippen molar-refractivity contribution in [3.63, 3.8) is 0 Å². The summed E-state index contributed by atoms with van der Waals surface area (Å²) in [5, 5.41) is 33.0. The molecule has 4 nitrogen and oxygen atoms in total. The molecule has 0 amide bonds. The summed E-state index contributed by atoms with van der Waals surface area (Å²) < 4.78 is 9.69. The average molecular weight is 1570 g/mol. The summed E-state index contributed by atoms with van der Waals surface area (Å²) >= 11 is 0. The third-order valence-electron chi connectivity index (χ3n) is 26.7. The Kier molecular flexibility index (Phi) is 15.5. The second-order valence-electron chi connectivity index (χ2n) is 33.3. The van der Waals surface area contributed by atoms with Gasteiger partial charge >= 0.3 is 0 Å². The Morgan fingerprint density at radius 2 is 0.411 bits per heavy atom. The smallest absolute Gasteiger partial charge is 0.0541 e. The number of rotatable bonds is 8. The molecule has 0 saturated heterocycles. The molecule has 0 unspecified atom stereocenters. The number of hydrogen-bond acceptors (Lipinski definition) is 0. The molecule has 4 aromatic heterocycles. The standard InChI is InChI=1S/C62H38N2.C58H36N2/c1-2-14-41-35-45(32-25-39(41)13-1)64-59-24-12-10-20-51(59)56-37-43(29-34-61(56)64)42-28-33-60-55(36-42)50-19-9-11-23-58(50)63(60)44-30-26-40(27-31-44)54-38-57-48-17-4-3-15-46(48)47-16-5-7-21-52(47)62(57)53-22-8-6-18-49(53)54;1-2-14-39-32-45(29-26-37(39)12-1)60-55-23-10-8-20-49(55)53-35-41(28-31-57(53)60)40-27-30-56-52(34-40)48-19-7-9-22-54(48)59(56)44-16-11-15-42(33-44)51-36-43-25-24-38-13-3-4-17-46(38)58(43)50-21-6-5-18-47(50)51/h1-38H;1-36H. The molecule has 23 aromatic carbocycles. The van der Waals surface area contributed by atoms with Crippen molar-refractivity contribution in [3.05, 3.63) is 449 Å². The molecule has 0 fully saturated rings. The Morgan fingerprint density at radius 3 is 0.871 bits per heavy atom. The fraction of sp³-hybridized carbons (Fsp3) is 0. The molecule has 0 aliphatic heterocycles. The van der Waals surface area contributed by atoms with Crippen LogP contribution in [0.15, 0.2) is 449 Å². The van der Waals surface area contributed by atoms with Crippen molar-refractivity contribution in [1.29, 1.82) is 0 Å². The van der Waals surface area contributed by atoms with Crippen LogP contribution in [0.5, 0.6) is 0 Å². The summed E-state index contributed by atoms with van der Waals surface area (Å²) in [6.45, 7) is 0. The van der Waals surface area contributed by atoms with Gasteiger partial charge in [-0.25, -0.2) is 0 Å². The van der Waals surface area contributed by atoms with Gasteiger partial charge in [0.25, 0.3) is 0 Å². The van der Waals surface area contributed by atoms with Crippen LogP contribution in [0.1, 0.15) is 0 Å². The Hall–Kier alpha value is -16.4. The quantitative estimate of drug-likeness (QED) is 0.135. The van der Waals surface area contributed by atoms with Crippen LogP contribution in [0.25, 0.3) is 251 Å². The Balaban J connectivity index is 0.000000133. The van der Waals surface area contributed by atoms with E-state index in [4.69, 9.17) is 0 Å². The fourth-order valence-corrected chi connectivity index (χ4v) is 21.1. The van der Waals surface area contributed by atoms with Crippen LogP contribution in [0, 0.1) is 0 Å². The minimum atomic E-state index is 1.15. The maximum Gasteiger partial charge on any atom is 0.0541 e. The van der Waals surface area contributed by atoms with Crippen molar-refractivity contribution in [2.75, 3.05) is 0 Å². The number of aromatic nitrogens is 4. The Bertz CT molecular complexity index is 9200. The van der Waals surface area contributed by atoms with Crippen molar-refractivity contribution in [2.45, 2.75) is 0 Å². The van der Waals surface area contributed by atoms with E-state index in [2.05, 4.69) is 467 Å². The Labute approximate surface area is 713 Å². The van der Waals surface area contributed by atoms with E-state index in [9.17, 15) is 0 Å². The van der Waals surface area contributed by atoms with Crippen LogP contribution in [0.4, 0.5) is 0 Å². The topological polar surface area (TPSA) is 19.7 Å². The van der Waals surface area contributed by atoms with E-state index in [0.717, 1.165) is 11.4 Å². The van der Waals surface area contributed by atoms with E-state index in [1.807, 2.05) is 0 Å². The van der Waals surface area contributed by atoms with E-state index >= 15 is 0 Å². The van der Waals surface area contributed by atoms with Gasteiger partial charge in [0.15, 0.2) is 0 Å². The first-order valence-electron chi connectivity index (χ1n) is 42.9. The molecule has 0 aliphatic carbocycles. The third-order valence-corrected chi connectivity index (χ3v) is 26.7. The first kappa shape index (κ1) is 69.5. The van der Waals surface area contributed by atoms with E-state index in [-0.39, 0.29) is 0 Å². The predicted octanol–water partition coefficient (Wildman–Crippen LogP) is 32.8. The molecular formula is C120H74N4. The molecule has 0 spiro atoms. The van der Waals surface area contributed by atoms with Gasteiger partial charge in [0, 0.05) is 65.8 Å². The number of benzene rings is 23. The van der Waals surface area contributed by atoms with Crippen molar-refractivity contribution in [2.24, 2.45) is 0 Å². The molecule has 574 valence electrons. The van der Waals surface area contributed by atoms with Crippen LogP contribution in [0.2, 0.25) is 0 Å². The van der Waals surface area contributed by atoms with Crippen LogP contribution in [-0.2, 0) is 0 Å². The molecule has 0 radical (unpaired) electrons. The highest BCUT2D eigenvalue weighted by Crippen LogP contribution is 2.48. The van der Waals surface area contributed by atoms with Crippen LogP contribution in [-0.4, -0.2) is 18.3 Å². The van der Waals surface area contributed by atoms with E-state index < -0.39 is 0 Å². The van der Waals surface area contributed by atoms with Gasteiger partial charge in [-0.15, -0.1) is 0 Å². The maximum atomic E-state index is 2.44. The van der Waals surface area contributed by atoms with Gasteiger partial charge in [-0.05, 0) is 275 Å². The Morgan fingerprint density at radius 1 is 0.113 bits per heavy atom. The molecule has 0 N–H and O–H groups in total. The van der Waals surface area contributed by atoms with Gasteiger partial charge in [-0.2, -0.15) is 0 Å².